The first kappa shape index (κ1) is 24.5. The Morgan fingerprint density at radius 3 is 2.68 bits per heavy atom. The summed E-state index contributed by atoms with van der Waals surface area (Å²) in [6, 6.07) is 4.97. The highest BCUT2D eigenvalue weighted by Crippen LogP contribution is 2.30. The van der Waals surface area contributed by atoms with Crippen molar-refractivity contribution in [3.63, 3.8) is 0 Å². The third kappa shape index (κ3) is 5.36. The number of carbonyl (C=O) groups is 2. The smallest absolute Gasteiger partial charge is 0.317 e. The molecule has 2 aliphatic rings. The van der Waals surface area contributed by atoms with Crippen LogP contribution in [-0.4, -0.2) is 63.5 Å². The van der Waals surface area contributed by atoms with Gasteiger partial charge in [0.15, 0.2) is 0 Å². The van der Waals surface area contributed by atoms with Crippen molar-refractivity contribution in [3.05, 3.63) is 29.8 Å². The number of aromatic nitrogens is 2. The summed E-state index contributed by atoms with van der Waals surface area (Å²) in [5.41, 5.74) is 1.46. The monoisotopic (exact) mass is 471 g/mol. The zero-order valence-electron chi connectivity index (χ0n) is 20.6. The Balaban J connectivity index is 1.55. The number of rotatable bonds is 7. The van der Waals surface area contributed by atoms with Crippen LogP contribution < -0.4 is 5.32 Å². The molecule has 0 radical (unpaired) electrons. The minimum absolute atomic E-state index is 0.0536. The summed E-state index contributed by atoms with van der Waals surface area (Å²) < 4.78 is 16.1. The van der Waals surface area contributed by atoms with Crippen LogP contribution in [0.25, 0.3) is 11.0 Å². The topological polar surface area (TPSA) is 70.5 Å². The van der Waals surface area contributed by atoms with Crippen LogP contribution in [0, 0.1) is 5.82 Å². The van der Waals surface area contributed by atoms with Crippen molar-refractivity contribution >= 4 is 23.0 Å². The van der Waals surface area contributed by atoms with Gasteiger partial charge in [-0.1, -0.05) is 19.3 Å². The van der Waals surface area contributed by atoms with E-state index >= 15 is 0 Å². The van der Waals surface area contributed by atoms with Crippen LogP contribution in [0.2, 0.25) is 0 Å². The van der Waals surface area contributed by atoms with Crippen molar-refractivity contribution in [3.8, 4) is 0 Å². The van der Waals surface area contributed by atoms with Gasteiger partial charge in [0.2, 0.25) is 5.91 Å². The number of carbonyl (C=O) groups excluding carboxylic acids is 2. The average Bonchev–Trinajstić information content (AvgIpc) is 3.21. The van der Waals surface area contributed by atoms with E-state index in [1.807, 2.05) is 11.8 Å². The fraction of sp³-hybridized carbons (Fsp3) is 0.654. The molecular weight excluding hydrogens is 433 g/mol. The molecule has 1 aromatic heterocycles. The molecule has 34 heavy (non-hydrogen) atoms. The normalized spacial score (nSPS) is 19.4. The number of aryl methyl sites for hydroxylation is 1. The van der Waals surface area contributed by atoms with E-state index < -0.39 is 0 Å². The summed E-state index contributed by atoms with van der Waals surface area (Å²) in [7, 11) is 0. The third-order valence-corrected chi connectivity index (χ3v) is 7.37. The SMILES string of the molecule is CCNC(=O)N1CCCC(c2nc3cc(F)ccc3n2CCC(=O)N(CC)C2CCCCC2)C1. The second kappa shape index (κ2) is 11.2. The maximum atomic E-state index is 14.0. The van der Waals surface area contributed by atoms with E-state index in [9.17, 15) is 14.0 Å². The highest BCUT2D eigenvalue weighted by molar-refractivity contribution is 5.79. The molecule has 2 fully saturated rings. The highest BCUT2D eigenvalue weighted by Gasteiger charge is 2.29. The second-order valence-corrected chi connectivity index (χ2v) is 9.60. The molecule has 1 aliphatic heterocycles. The molecular formula is C26H38FN5O2. The molecule has 2 heterocycles. The van der Waals surface area contributed by atoms with Gasteiger partial charge in [0.05, 0.1) is 11.0 Å². The summed E-state index contributed by atoms with van der Waals surface area (Å²) in [6.45, 7) is 7.11. The van der Waals surface area contributed by atoms with Gasteiger partial charge in [0, 0.05) is 57.2 Å². The second-order valence-electron chi connectivity index (χ2n) is 9.60. The van der Waals surface area contributed by atoms with Crippen molar-refractivity contribution < 1.29 is 14.0 Å². The molecule has 1 unspecified atom stereocenters. The van der Waals surface area contributed by atoms with Crippen LogP contribution >= 0.6 is 0 Å². The summed E-state index contributed by atoms with van der Waals surface area (Å²) >= 11 is 0. The molecule has 2 aromatic rings. The lowest BCUT2D eigenvalue weighted by atomic mass is 9.94. The number of hydrogen-bond donors (Lipinski definition) is 1. The Kier molecular flexibility index (Phi) is 8.06. The number of nitrogens with one attached hydrogen (secondary N) is 1. The third-order valence-electron chi connectivity index (χ3n) is 7.37. The summed E-state index contributed by atoms with van der Waals surface area (Å²) in [6.07, 6.45) is 8.04. The van der Waals surface area contributed by atoms with Gasteiger partial charge in [0.1, 0.15) is 11.6 Å². The Morgan fingerprint density at radius 1 is 1.15 bits per heavy atom. The number of likely N-dealkylation sites (tertiary alicyclic amines) is 1. The van der Waals surface area contributed by atoms with Crippen LogP contribution in [0.1, 0.15) is 77.0 Å². The largest absolute Gasteiger partial charge is 0.340 e. The lowest BCUT2D eigenvalue weighted by Crippen LogP contribution is -2.45. The van der Waals surface area contributed by atoms with E-state index in [0.29, 0.717) is 37.6 Å². The zero-order chi connectivity index (χ0) is 24.1. The summed E-state index contributed by atoms with van der Waals surface area (Å²) in [5, 5.41) is 2.89. The van der Waals surface area contributed by atoms with Gasteiger partial charge in [-0.05, 0) is 51.7 Å². The molecule has 1 saturated heterocycles. The number of hydrogen-bond acceptors (Lipinski definition) is 3. The molecule has 1 aromatic carbocycles. The molecule has 1 N–H and O–H groups in total. The van der Waals surface area contributed by atoms with E-state index in [4.69, 9.17) is 4.98 Å². The fourth-order valence-corrected chi connectivity index (χ4v) is 5.69. The van der Waals surface area contributed by atoms with Gasteiger partial charge in [0.25, 0.3) is 0 Å². The maximum absolute atomic E-state index is 14.0. The number of halogens is 1. The number of benzene rings is 1. The maximum Gasteiger partial charge on any atom is 0.317 e. The zero-order valence-corrected chi connectivity index (χ0v) is 20.6. The lowest BCUT2D eigenvalue weighted by molar-refractivity contribution is -0.134. The Bertz CT molecular complexity index is 1000. The Labute approximate surface area is 201 Å². The van der Waals surface area contributed by atoms with Crippen LogP contribution in [0.15, 0.2) is 18.2 Å². The van der Waals surface area contributed by atoms with Crippen molar-refractivity contribution in [2.45, 2.75) is 83.7 Å². The first-order valence-corrected chi connectivity index (χ1v) is 13.0. The van der Waals surface area contributed by atoms with Crippen LogP contribution in [-0.2, 0) is 11.3 Å². The van der Waals surface area contributed by atoms with Gasteiger partial charge in [-0.2, -0.15) is 0 Å². The van der Waals surface area contributed by atoms with Crippen LogP contribution in [0.3, 0.4) is 0 Å². The number of fused-ring (bicyclic) bond motifs is 1. The average molecular weight is 472 g/mol. The molecule has 4 rings (SSSR count). The first-order valence-electron chi connectivity index (χ1n) is 13.0. The van der Waals surface area contributed by atoms with E-state index in [2.05, 4.69) is 21.7 Å². The van der Waals surface area contributed by atoms with Crippen molar-refractivity contribution in [2.24, 2.45) is 0 Å². The molecule has 0 bridgehead atoms. The van der Waals surface area contributed by atoms with E-state index in [0.717, 1.165) is 50.1 Å². The van der Waals surface area contributed by atoms with Gasteiger partial charge < -0.3 is 19.7 Å². The van der Waals surface area contributed by atoms with Crippen molar-refractivity contribution in [2.75, 3.05) is 26.2 Å². The Morgan fingerprint density at radius 2 is 1.94 bits per heavy atom. The molecule has 0 spiro atoms. The molecule has 186 valence electrons. The van der Waals surface area contributed by atoms with Gasteiger partial charge in [-0.3, -0.25) is 4.79 Å². The number of nitrogens with zero attached hydrogens (tertiary/aromatic N) is 4. The molecule has 8 heteroatoms. The standard InChI is InChI=1S/C26H38FN5O2/c1-3-28-26(34)30-15-8-9-19(18-30)25-29-22-17-20(27)12-13-23(22)32(25)16-14-24(33)31(4-2)21-10-6-5-7-11-21/h12-13,17,19,21H,3-11,14-16,18H2,1-2H3,(H,28,34). The Hall–Kier alpha value is -2.64. The fourth-order valence-electron chi connectivity index (χ4n) is 5.69. The first-order chi connectivity index (χ1) is 16.5. The van der Waals surface area contributed by atoms with E-state index in [1.54, 1.807) is 6.07 Å². The van der Waals surface area contributed by atoms with Crippen LogP contribution in [0.5, 0.6) is 0 Å². The van der Waals surface area contributed by atoms with E-state index in [1.165, 1.54) is 31.4 Å². The molecule has 1 aliphatic carbocycles. The molecule has 1 saturated carbocycles. The minimum Gasteiger partial charge on any atom is -0.340 e. The lowest BCUT2D eigenvalue weighted by Gasteiger charge is -2.34. The van der Waals surface area contributed by atoms with Crippen LogP contribution in [0.4, 0.5) is 9.18 Å². The van der Waals surface area contributed by atoms with Gasteiger partial charge >= 0.3 is 6.03 Å². The van der Waals surface area contributed by atoms with E-state index in [-0.39, 0.29) is 23.7 Å². The predicted molar refractivity (Wildman–Crippen MR) is 131 cm³/mol. The number of amides is 3. The minimum atomic E-state index is -0.318. The van der Waals surface area contributed by atoms with Crippen molar-refractivity contribution in [1.29, 1.82) is 0 Å². The number of urea groups is 1. The van der Waals surface area contributed by atoms with Gasteiger partial charge in [-0.25, -0.2) is 14.2 Å². The van der Waals surface area contributed by atoms with Gasteiger partial charge in [-0.15, -0.1) is 0 Å². The summed E-state index contributed by atoms with van der Waals surface area (Å²) in [4.78, 5) is 34.4. The number of piperidine rings is 1. The molecule has 1 atom stereocenters. The predicted octanol–water partition coefficient (Wildman–Crippen LogP) is 4.66. The molecule has 3 amide bonds. The van der Waals surface area contributed by atoms with Crippen molar-refractivity contribution in [1.82, 2.24) is 24.7 Å². The highest BCUT2D eigenvalue weighted by atomic mass is 19.1. The molecule has 7 nitrogen and oxygen atoms in total. The number of imidazole rings is 1. The summed E-state index contributed by atoms with van der Waals surface area (Å²) in [5.74, 6) is 0.768. The quantitative estimate of drug-likeness (QED) is 0.639.